The number of carbonyl (C=O) groups excluding carboxylic acids is 2. The van der Waals surface area contributed by atoms with Crippen LogP contribution in [0.5, 0.6) is 0 Å². The van der Waals surface area contributed by atoms with E-state index < -0.39 is 16.1 Å². The predicted octanol–water partition coefficient (Wildman–Crippen LogP) is 0.901. The van der Waals surface area contributed by atoms with Crippen molar-refractivity contribution in [3.63, 3.8) is 0 Å². The van der Waals surface area contributed by atoms with Gasteiger partial charge in [-0.15, -0.1) is 0 Å². The minimum Gasteiger partial charge on any atom is -0.378 e. The predicted molar refractivity (Wildman–Crippen MR) is 90.8 cm³/mol. The highest BCUT2D eigenvalue weighted by atomic mass is 32.2. The Morgan fingerprint density at radius 3 is 2.32 bits per heavy atom. The van der Waals surface area contributed by atoms with Crippen molar-refractivity contribution in [1.29, 1.82) is 0 Å². The third-order valence-corrected chi connectivity index (χ3v) is 6.60. The molecule has 7 nitrogen and oxygen atoms in total. The number of hydrogen-bond acceptors (Lipinski definition) is 5. The largest absolute Gasteiger partial charge is 0.378 e. The van der Waals surface area contributed by atoms with Crippen molar-refractivity contribution >= 4 is 21.7 Å². The second-order valence-corrected chi connectivity index (χ2v) is 8.18. The molecular formula is C17H22N2O5S. The van der Waals surface area contributed by atoms with Crippen LogP contribution in [-0.4, -0.2) is 68.2 Å². The molecular weight excluding hydrogens is 344 g/mol. The molecule has 0 spiro atoms. The second-order valence-electron chi connectivity index (χ2n) is 6.29. The number of carbonyl (C=O) groups is 2. The van der Waals surface area contributed by atoms with Gasteiger partial charge in [-0.25, -0.2) is 8.42 Å². The van der Waals surface area contributed by atoms with E-state index in [1.54, 1.807) is 4.90 Å². The minimum absolute atomic E-state index is 0.110. The Morgan fingerprint density at radius 2 is 1.72 bits per heavy atom. The number of benzene rings is 1. The van der Waals surface area contributed by atoms with Gasteiger partial charge in [0.05, 0.1) is 18.1 Å². The number of amides is 1. The van der Waals surface area contributed by atoms with Crippen molar-refractivity contribution in [3.05, 3.63) is 29.8 Å². The first-order valence-electron chi connectivity index (χ1n) is 8.40. The van der Waals surface area contributed by atoms with E-state index in [4.69, 9.17) is 4.74 Å². The van der Waals surface area contributed by atoms with Crippen LogP contribution in [0.3, 0.4) is 0 Å². The summed E-state index contributed by atoms with van der Waals surface area (Å²) in [6.45, 7) is 3.72. The van der Waals surface area contributed by atoms with Crippen LogP contribution in [0.25, 0.3) is 0 Å². The van der Waals surface area contributed by atoms with Crippen LogP contribution in [0.15, 0.2) is 29.2 Å². The molecule has 136 valence electrons. The zero-order chi connectivity index (χ0) is 18.0. The Hall–Kier alpha value is -1.77. The van der Waals surface area contributed by atoms with Crippen molar-refractivity contribution in [2.45, 2.75) is 30.7 Å². The highest BCUT2D eigenvalue weighted by molar-refractivity contribution is 7.89. The molecule has 0 bridgehead atoms. The zero-order valence-electron chi connectivity index (χ0n) is 14.2. The van der Waals surface area contributed by atoms with E-state index in [9.17, 15) is 18.0 Å². The third kappa shape index (κ3) is 3.61. The standard InChI is InChI=1S/C17H22N2O5S/c1-13(20)14-4-6-15(7-5-14)25(22,23)19-8-2-3-16(19)17(21)18-9-11-24-12-10-18/h4-7,16H,2-3,8-12H2,1H3. The van der Waals surface area contributed by atoms with Crippen LogP contribution in [0, 0.1) is 0 Å². The number of hydrogen-bond donors (Lipinski definition) is 0. The lowest BCUT2D eigenvalue weighted by Gasteiger charge is -2.32. The molecule has 2 aliphatic heterocycles. The number of rotatable bonds is 4. The van der Waals surface area contributed by atoms with Gasteiger partial charge in [0, 0.05) is 25.2 Å². The van der Waals surface area contributed by atoms with Crippen LogP contribution < -0.4 is 0 Å². The molecule has 0 aliphatic carbocycles. The van der Waals surface area contributed by atoms with E-state index in [1.165, 1.54) is 35.5 Å². The third-order valence-electron chi connectivity index (χ3n) is 4.68. The molecule has 8 heteroatoms. The van der Waals surface area contributed by atoms with Crippen LogP contribution in [0.2, 0.25) is 0 Å². The first-order chi connectivity index (χ1) is 11.9. The van der Waals surface area contributed by atoms with Gasteiger partial charge < -0.3 is 9.64 Å². The molecule has 0 aromatic heterocycles. The Kier molecular flexibility index (Phi) is 5.21. The van der Waals surface area contributed by atoms with Crippen molar-refractivity contribution in [2.75, 3.05) is 32.8 Å². The highest BCUT2D eigenvalue weighted by Gasteiger charge is 2.41. The van der Waals surface area contributed by atoms with E-state index in [1.807, 2.05) is 0 Å². The van der Waals surface area contributed by atoms with Gasteiger partial charge in [-0.3, -0.25) is 9.59 Å². The van der Waals surface area contributed by atoms with Crippen LogP contribution in [-0.2, 0) is 19.6 Å². The molecule has 2 fully saturated rings. The smallest absolute Gasteiger partial charge is 0.243 e. The van der Waals surface area contributed by atoms with Gasteiger partial charge in [-0.1, -0.05) is 12.1 Å². The average Bonchev–Trinajstić information content (AvgIpc) is 3.12. The number of morpholine rings is 1. The van der Waals surface area contributed by atoms with Crippen LogP contribution in [0.4, 0.5) is 0 Å². The molecule has 0 N–H and O–H groups in total. The SMILES string of the molecule is CC(=O)c1ccc(S(=O)(=O)N2CCCC2C(=O)N2CCOCC2)cc1. The van der Waals surface area contributed by atoms with E-state index in [0.29, 0.717) is 51.3 Å². The average molecular weight is 366 g/mol. The molecule has 25 heavy (non-hydrogen) atoms. The summed E-state index contributed by atoms with van der Waals surface area (Å²) in [4.78, 5) is 25.9. The van der Waals surface area contributed by atoms with E-state index >= 15 is 0 Å². The molecule has 2 heterocycles. The summed E-state index contributed by atoms with van der Waals surface area (Å²) < 4.78 is 32.5. The number of ether oxygens (including phenoxy) is 1. The summed E-state index contributed by atoms with van der Waals surface area (Å²) in [6, 6.07) is 5.21. The lowest BCUT2D eigenvalue weighted by atomic mass is 10.2. The minimum atomic E-state index is -3.77. The van der Waals surface area contributed by atoms with Crippen LogP contribution >= 0.6 is 0 Å². The number of ketones is 1. The molecule has 2 aliphatic rings. The summed E-state index contributed by atoms with van der Waals surface area (Å²) in [5.41, 5.74) is 0.460. The normalized spacial score (nSPS) is 22.1. The summed E-state index contributed by atoms with van der Waals surface area (Å²) in [7, 11) is -3.77. The topological polar surface area (TPSA) is 84.0 Å². The van der Waals surface area contributed by atoms with Crippen molar-refractivity contribution < 1.29 is 22.7 Å². The molecule has 1 aromatic rings. The number of sulfonamides is 1. The van der Waals surface area contributed by atoms with Gasteiger partial charge in [0.15, 0.2) is 5.78 Å². The van der Waals surface area contributed by atoms with Crippen LogP contribution in [0.1, 0.15) is 30.1 Å². The molecule has 1 amide bonds. The Balaban J connectivity index is 1.82. The Labute approximate surface area is 147 Å². The maximum absolute atomic E-state index is 13.0. The fourth-order valence-electron chi connectivity index (χ4n) is 3.27. The molecule has 1 aromatic carbocycles. The maximum atomic E-state index is 13.0. The van der Waals surface area contributed by atoms with Gasteiger partial charge in [-0.2, -0.15) is 4.31 Å². The zero-order valence-corrected chi connectivity index (χ0v) is 15.0. The molecule has 3 rings (SSSR count). The van der Waals surface area contributed by atoms with Gasteiger partial charge >= 0.3 is 0 Å². The lowest BCUT2D eigenvalue weighted by Crippen LogP contribution is -2.50. The lowest BCUT2D eigenvalue weighted by molar-refractivity contribution is -0.138. The fourth-order valence-corrected chi connectivity index (χ4v) is 4.92. The number of nitrogens with zero attached hydrogens (tertiary/aromatic N) is 2. The van der Waals surface area contributed by atoms with Gasteiger partial charge in [0.25, 0.3) is 0 Å². The van der Waals surface area contributed by atoms with E-state index in [-0.39, 0.29) is 16.6 Å². The summed E-state index contributed by atoms with van der Waals surface area (Å²) in [5.74, 6) is -0.268. The van der Waals surface area contributed by atoms with Gasteiger partial charge in [0.2, 0.25) is 15.9 Å². The second kappa shape index (κ2) is 7.23. The first kappa shape index (κ1) is 18.0. The molecule has 0 radical (unpaired) electrons. The Morgan fingerprint density at radius 1 is 1.08 bits per heavy atom. The monoisotopic (exact) mass is 366 g/mol. The maximum Gasteiger partial charge on any atom is 0.243 e. The highest BCUT2D eigenvalue weighted by Crippen LogP contribution is 2.27. The number of Topliss-reactive ketones (excluding diaryl/α,β-unsaturated/α-hetero) is 1. The Bertz CT molecular complexity index is 754. The van der Waals surface area contributed by atoms with Gasteiger partial charge in [-0.05, 0) is 31.9 Å². The summed E-state index contributed by atoms with van der Waals surface area (Å²) in [5, 5.41) is 0. The van der Waals surface area contributed by atoms with Gasteiger partial charge in [0.1, 0.15) is 6.04 Å². The van der Waals surface area contributed by atoms with E-state index in [2.05, 4.69) is 0 Å². The summed E-state index contributed by atoms with van der Waals surface area (Å²) in [6.07, 6.45) is 1.19. The van der Waals surface area contributed by atoms with Crippen molar-refractivity contribution in [1.82, 2.24) is 9.21 Å². The van der Waals surface area contributed by atoms with E-state index in [0.717, 1.165) is 0 Å². The molecule has 2 saturated heterocycles. The summed E-state index contributed by atoms with van der Waals surface area (Å²) >= 11 is 0. The van der Waals surface area contributed by atoms with Crippen molar-refractivity contribution in [2.24, 2.45) is 0 Å². The first-order valence-corrected chi connectivity index (χ1v) is 9.84. The molecule has 0 saturated carbocycles. The van der Waals surface area contributed by atoms with Crippen molar-refractivity contribution in [3.8, 4) is 0 Å². The molecule has 1 unspecified atom stereocenters. The molecule has 1 atom stereocenters. The fraction of sp³-hybridized carbons (Fsp3) is 0.529. The quantitative estimate of drug-likeness (QED) is 0.740.